The van der Waals surface area contributed by atoms with Gasteiger partial charge in [0.1, 0.15) is 18.2 Å². The number of amides is 1. The average Bonchev–Trinajstić information content (AvgIpc) is 3.19. The molecule has 0 bridgehead atoms. The van der Waals surface area contributed by atoms with Gasteiger partial charge in [-0.3, -0.25) is 0 Å². The summed E-state index contributed by atoms with van der Waals surface area (Å²) in [5, 5.41) is 11.9. The highest BCUT2D eigenvalue weighted by Gasteiger charge is 2.36. The first-order chi connectivity index (χ1) is 18.7. The molecule has 210 valence electrons. The van der Waals surface area contributed by atoms with E-state index in [0.29, 0.717) is 6.07 Å². The van der Waals surface area contributed by atoms with Crippen molar-refractivity contribution in [3.05, 3.63) is 94.5 Å². The van der Waals surface area contributed by atoms with Gasteiger partial charge in [0.05, 0.1) is 11.1 Å². The van der Waals surface area contributed by atoms with Gasteiger partial charge in [-0.1, -0.05) is 48.5 Å². The molecule has 0 saturated carbocycles. The molecule has 1 atom stereocenters. The van der Waals surface area contributed by atoms with Crippen molar-refractivity contribution in [1.29, 1.82) is 0 Å². The normalized spacial score (nSPS) is 13.7. The highest BCUT2D eigenvalue weighted by Crippen LogP contribution is 2.44. The Balaban J connectivity index is 1.51. The van der Waals surface area contributed by atoms with E-state index in [1.807, 2.05) is 48.5 Å². The molecule has 0 heterocycles. The number of hydrogen-bond acceptors (Lipinski definition) is 5. The molecule has 7 nitrogen and oxygen atoms in total. The minimum absolute atomic E-state index is 0.103. The predicted molar refractivity (Wildman–Crippen MR) is 140 cm³/mol. The van der Waals surface area contributed by atoms with Crippen molar-refractivity contribution in [1.82, 2.24) is 5.32 Å². The molecule has 0 radical (unpaired) electrons. The van der Waals surface area contributed by atoms with Crippen LogP contribution < -0.4 is 5.32 Å². The van der Waals surface area contributed by atoms with Crippen molar-refractivity contribution in [2.24, 2.45) is 0 Å². The number of alkyl carbamates (subject to hydrolysis) is 1. The minimum atomic E-state index is -4.82. The summed E-state index contributed by atoms with van der Waals surface area (Å²) < 4.78 is 51.8. The monoisotopic (exact) mass is 555 g/mol. The van der Waals surface area contributed by atoms with E-state index < -0.39 is 53.4 Å². The van der Waals surface area contributed by atoms with Gasteiger partial charge in [0.2, 0.25) is 0 Å². The number of esters is 1. The van der Waals surface area contributed by atoms with Crippen molar-refractivity contribution in [3.8, 4) is 11.1 Å². The first kappa shape index (κ1) is 28.7. The smallest absolute Gasteiger partial charge is 0.416 e. The fourth-order valence-corrected chi connectivity index (χ4v) is 4.71. The summed E-state index contributed by atoms with van der Waals surface area (Å²) in [5.74, 6) is -2.72. The van der Waals surface area contributed by atoms with Crippen molar-refractivity contribution >= 4 is 18.0 Å². The van der Waals surface area contributed by atoms with Gasteiger partial charge in [-0.25, -0.2) is 14.4 Å². The number of benzene rings is 3. The zero-order valence-corrected chi connectivity index (χ0v) is 22.0. The Morgan fingerprint density at radius 2 is 1.50 bits per heavy atom. The molecule has 1 amide bonds. The first-order valence-corrected chi connectivity index (χ1v) is 12.5. The van der Waals surface area contributed by atoms with Crippen LogP contribution in [0.5, 0.6) is 0 Å². The number of carbonyl (C=O) groups is 3. The largest absolute Gasteiger partial charge is 0.480 e. The van der Waals surface area contributed by atoms with Crippen LogP contribution in [0, 0.1) is 0 Å². The fourth-order valence-electron chi connectivity index (χ4n) is 4.71. The van der Waals surface area contributed by atoms with Crippen LogP contribution in [-0.4, -0.2) is 41.4 Å². The number of halogens is 3. The number of aliphatic carboxylic acids is 1. The van der Waals surface area contributed by atoms with Gasteiger partial charge in [-0.05, 0) is 66.8 Å². The zero-order valence-electron chi connectivity index (χ0n) is 22.0. The molecule has 0 aromatic heterocycles. The van der Waals surface area contributed by atoms with Crippen LogP contribution in [-0.2, 0) is 26.9 Å². The van der Waals surface area contributed by atoms with Crippen LogP contribution in [0.15, 0.2) is 66.7 Å². The van der Waals surface area contributed by atoms with E-state index in [1.165, 1.54) is 0 Å². The molecule has 0 fully saturated rings. The third-order valence-electron chi connectivity index (χ3n) is 6.40. The molecule has 40 heavy (non-hydrogen) atoms. The van der Waals surface area contributed by atoms with Crippen LogP contribution in [0.25, 0.3) is 11.1 Å². The van der Waals surface area contributed by atoms with Crippen molar-refractivity contribution < 1.29 is 42.1 Å². The molecule has 10 heteroatoms. The summed E-state index contributed by atoms with van der Waals surface area (Å²) in [6.45, 7) is 4.71. The molecule has 0 saturated heterocycles. The van der Waals surface area contributed by atoms with Gasteiger partial charge in [-0.15, -0.1) is 0 Å². The van der Waals surface area contributed by atoms with E-state index in [-0.39, 0.29) is 18.1 Å². The molecule has 0 spiro atoms. The molecule has 4 rings (SSSR count). The molecular formula is C30H28F3NO6. The lowest BCUT2D eigenvalue weighted by Crippen LogP contribution is -2.43. The Morgan fingerprint density at radius 1 is 0.925 bits per heavy atom. The lowest BCUT2D eigenvalue weighted by atomic mass is 9.97. The van der Waals surface area contributed by atoms with Gasteiger partial charge < -0.3 is 19.9 Å². The molecule has 1 aliphatic rings. The predicted octanol–water partition coefficient (Wildman–Crippen LogP) is 6.20. The summed E-state index contributed by atoms with van der Waals surface area (Å²) in [7, 11) is 0. The molecule has 3 aromatic carbocycles. The van der Waals surface area contributed by atoms with Gasteiger partial charge in [0.25, 0.3) is 0 Å². The van der Waals surface area contributed by atoms with E-state index in [0.717, 1.165) is 34.4 Å². The lowest BCUT2D eigenvalue weighted by molar-refractivity contribution is -0.141. The van der Waals surface area contributed by atoms with E-state index in [1.54, 1.807) is 20.8 Å². The Labute approximate surface area is 228 Å². The first-order valence-electron chi connectivity index (χ1n) is 12.5. The third kappa shape index (κ3) is 6.44. The molecule has 2 N–H and O–H groups in total. The Kier molecular flexibility index (Phi) is 7.91. The Morgan fingerprint density at radius 3 is 2.02 bits per heavy atom. The molecule has 3 aromatic rings. The van der Waals surface area contributed by atoms with Crippen LogP contribution in [0.4, 0.5) is 18.0 Å². The van der Waals surface area contributed by atoms with Crippen molar-refractivity contribution in [3.63, 3.8) is 0 Å². The number of fused-ring (bicyclic) bond motifs is 3. The second kappa shape index (κ2) is 11.0. The highest BCUT2D eigenvalue weighted by molar-refractivity contribution is 5.90. The second-order valence-corrected chi connectivity index (χ2v) is 10.4. The zero-order chi connectivity index (χ0) is 29.2. The summed E-state index contributed by atoms with van der Waals surface area (Å²) in [4.78, 5) is 37.0. The lowest BCUT2D eigenvalue weighted by Gasteiger charge is -2.21. The van der Waals surface area contributed by atoms with Crippen molar-refractivity contribution in [2.75, 3.05) is 6.61 Å². The van der Waals surface area contributed by atoms with Crippen LogP contribution >= 0.6 is 0 Å². The van der Waals surface area contributed by atoms with E-state index in [9.17, 15) is 32.7 Å². The number of ether oxygens (including phenoxy) is 2. The van der Waals surface area contributed by atoms with Gasteiger partial charge in [0.15, 0.2) is 0 Å². The molecule has 0 unspecified atom stereocenters. The molecule has 0 aliphatic heterocycles. The summed E-state index contributed by atoms with van der Waals surface area (Å²) in [6, 6.07) is 16.1. The number of carbonyl (C=O) groups excluding carboxylic acids is 2. The minimum Gasteiger partial charge on any atom is -0.480 e. The number of alkyl halides is 3. The molecule has 1 aliphatic carbocycles. The van der Waals surface area contributed by atoms with Gasteiger partial charge in [0, 0.05) is 12.3 Å². The maximum atomic E-state index is 13.7. The number of nitrogens with one attached hydrogen (secondary N) is 1. The van der Waals surface area contributed by atoms with Crippen LogP contribution in [0.2, 0.25) is 0 Å². The summed E-state index contributed by atoms with van der Waals surface area (Å²) in [5.41, 5.74) is 1.21. The number of carboxylic acids is 1. The fraction of sp³-hybridized carbons (Fsp3) is 0.300. The average molecular weight is 556 g/mol. The maximum absolute atomic E-state index is 13.7. The highest BCUT2D eigenvalue weighted by atomic mass is 19.4. The SMILES string of the molecule is CC(C)(C)OC(=O)c1ccc(C(F)(F)F)c(C[C@H](NC(=O)OCC2c3ccccc3-c3ccccc32)C(=O)O)c1. The number of carboxylic acid groups (broad SMARTS) is 1. The van der Waals surface area contributed by atoms with Crippen molar-refractivity contribution in [2.45, 2.75) is 50.9 Å². The van der Waals surface area contributed by atoms with E-state index in [4.69, 9.17) is 9.47 Å². The third-order valence-corrected chi connectivity index (χ3v) is 6.40. The summed E-state index contributed by atoms with van der Waals surface area (Å²) >= 11 is 0. The Hall–Kier alpha value is -4.34. The maximum Gasteiger partial charge on any atom is 0.416 e. The quantitative estimate of drug-likeness (QED) is 0.337. The number of rotatable bonds is 7. The van der Waals surface area contributed by atoms with Crippen LogP contribution in [0.1, 0.15) is 59.3 Å². The number of hydrogen-bond donors (Lipinski definition) is 2. The van der Waals surface area contributed by atoms with Crippen LogP contribution in [0.3, 0.4) is 0 Å². The topological polar surface area (TPSA) is 102 Å². The molecular weight excluding hydrogens is 527 g/mol. The summed E-state index contributed by atoms with van der Waals surface area (Å²) in [6.07, 6.45) is -6.66. The van der Waals surface area contributed by atoms with E-state index in [2.05, 4.69) is 5.32 Å². The Bertz CT molecular complexity index is 1400. The standard InChI is InChI=1S/C30H28F3NO6/c1-29(2,3)40-27(37)17-12-13-24(30(31,32)33)18(14-17)15-25(26(35)36)34-28(38)39-16-23-21-10-6-4-8-19(21)20-9-5-7-11-22(20)23/h4-14,23,25H,15-16H2,1-3H3,(H,34,38)(H,35,36)/t25-/m0/s1. The van der Waals surface area contributed by atoms with E-state index >= 15 is 0 Å². The van der Waals surface area contributed by atoms with Gasteiger partial charge >= 0.3 is 24.2 Å². The van der Waals surface area contributed by atoms with Gasteiger partial charge in [-0.2, -0.15) is 13.2 Å². The second-order valence-electron chi connectivity index (χ2n) is 10.4.